The Kier molecular flexibility index (Phi) is 5.85. The van der Waals surface area contributed by atoms with Crippen LogP contribution in [0.15, 0.2) is 29.2 Å². The van der Waals surface area contributed by atoms with Gasteiger partial charge in [0, 0.05) is 14.2 Å². The van der Waals surface area contributed by atoms with Gasteiger partial charge in [-0.25, -0.2) is 8.42 Å². The summed E-state index contributed by atoms with van der Waals surface area (Å²) in [7, 11) is -1.82. The highest BCUT2D eigenvalue weighted by atomic mass is 32.2. The zero-order valence-corrected chi connectivity index (χ0v) is 12.2. The van der Waals surface area contributed by atoms with Gasteiger partial charge in [0.15, 0.2) is 6.29 Å². The summed E-state index contributed by atoms with van der Waals surface area (Å²) >= 11 is 0. The average molecular weight is 309 g/mol. The van der Waals surface area contributed by atoms with Crippen molar-refractivity contribution >= 4 is 15.5 Å². The van der Waals surface area contributed by atoms with Crippen molar-refractivity contribution in [1.29, 1.82) is 0 Å². The van der Waals surface area contributed by atoms with Crippen LogP contribution in [0.2, 0.25) is 0 Å². The second-order valence-corrected chi connectivity index (χ2v) is 5.96. The normalized spacial score (nSPS) is 13.8. The van der Waals surface area contributed by atoms with Crippen molar-refractivity contribution in [3.8, 4) is 0 Å². The standard InChI is InChI=1S/C12H17F2NO4S/c1-8(11(18-2)19-3)15-9-6-4-5-7-10(9)20(16,17)12(13)14/h4-8,11-12,15H,1-3H3. The van der Waals surface area contributed by atoms with Crippen LogP contribution in [0.5, 0.6) is 0 Å². The molecule has 1 rings (SSSR count). The Labute approximate surface area is 116 Å². The van der Waals surface area contributed by atoms with Crippen molar-refractivity contribution in [2.75, 3.05) is 19.5 Å². The number of halogens is 2. The highest BCUT2D eigenvalue weighted by Crippen LogP contribution is 2.27. The minimum atomic E-state index is -4.67. The van der Waals surface area contributed by atoms with Crippen molar-refractivity contribution in [2.45, 2.75) is 29.9 Å². The van der Waals surface area contributed by atoms with E-state index in [-0.39, 0.29) is 5.69 Å². The molecule has 1 unspecified atom stereocenters. The van der Waals surface area contributed by atoms with Gasteiger partial charge in [0.1, 0.15) is 0 Å². The van der Waals surface area contributed by atoms with Crippen LogP contribution >= 0.6 is 0 Å². The molecule has 0 spiro atoms. The van der Waals surface area contributed by atoms with Gasteiger partial charge in [-0.1, -0.05) is 12.1 Å². The maximum absolute atomic E-state index is 12.6. The number of methoxy groups -OCH3 is 2. The van der Waals surface area contributed by atoms with Crippen LogP contribution in [0.25, 0.3) is 0 Å². The largest absolute Gasteiger partial charge is 0.376 e. The molecule has 0 fully saturated rings. The molecule has 1 aromatic carbocycles. The smallest absolute Gasteiger partial charge is 0.341 e. The van der Waals surface area contributed by atoms with Crippen LogP contribution in [0.1, 0.15) is 6.92 Å². The van der Waals surface area contributed by atoms with E-state index in [9.17, 15) is 17.2 Å². The summed E-state index contributed by atoms with van der Waals surface area (Å²) in [5.74, 6) is -3.47. The lowest BCUT2D eigenvalue weighted by Crippen LogP contribution is -2.34. The highest BCUT2D eigenvalue weighted by Gasteiger charge is 2.29. The molecule has 20 heavy (non-hydrogen) atoms. The number of anilines is 1. The molecule has 0 aromatic heterocycles. The second kappa shape index (κ2) is 6.96. The van der Waals surface area contributed by atoms with Gasteiger partial charge in [0.05, 0.1) is 16.6 Å². The summed E-state index contributed by atoms with van der Waals surface area (Å²) in [4.78, 5) is -0.451. The molecule has 0 heterocycles. The maximum atomic E-state index is 12.6. The molecule has 114 valence electrons. The third-order valence-corrected chi connectivity index (χ3v) is 4.12. The van der Waals surface area contributed by atoms with E-state index in [1.54, 1.807) is 13.0 Å². The molecule has 0 bridgehead atoms. The van der Waals surface area contributed by atoms with Gasteiger partial charge in [0.2, 0.25) is 9.84 Å². The Balaban J connectivity index is 3.09. The van der Waals surface area contributed by atoms with Gasteiger partial charge < -0.3 is 14.8 Å². The predicted octanol–water partition coefficient (Wildman–Crippen LogP) is 2.10. The van der Waals surface area contributed by atoms with E-state index in [1.165, 1.54) is 26.4 Å². The van der Waals surface area contributed by atoms with Crippen molar-refractivity contribution in [3.05, 3.63) is 24.3 Å². The quantitative estimate of drug-likeness (QED) is 0.782. The molecule has 0 aliphatic carbocycles. The molecule has 0 amide bonds. The number of rotatable bonds is 7. The summed E-state index contributed by atoms with van der Waals surface area (Å²) in [5, 5.41) is 2.81. The summed E-state index contributed by atoms with van der Waals surface area (Å²) in [5.41, 5.74) is 0.0828. The molecule has 0 saturated heterocycles. The van der Waals surface area contributed by atoms with Crippen LogP contribution in [-0.2, 0) is 19.3 Å². The van der Waals surface area contributed by atoms with Gasteiger partial charge in [-0.15, -0.1) is 0 Å². The number of hydrogen-bond acceptors (Lipinski definition) is 5. The van der Waals surface area contributed by atoms with E-state index in [0.29, 0.717) is 0 Å². The zero-order chi connectivity index (χ0) is 15.3. The monoisotopic (exact) mass is 309 g/mol. The van der Waals surface area contributed by atoms with Crippen LogP contribution in [0.3, 0.4) is 0 Å². The van der Waals surface area contributed by atoms with Gasteiger partial charge in [-0.3, -0.25) is 0 Å². The van der Waals surface area contributed by atoms with Gasteiger partial charge >= 0.3 is 5.76 Å². The lowest BCUT2D eigenvalue weighted by atomic mass is 10.2. The van der Waals surface area contributed by atoms with Gasteiger partial charge in [-0.2, -0.15) is 8.78 Å². The second-order valence-electron chi connectivity index (χ2n) is 4.07. The molecular formula is C12H17F2NO4S. The van der Waals surface area contributed by atoms with Crippen LogP contribution in [0.4, 0.5) is 14.5 Å². The zero-order valence-electron chi connectivity index (χ0n) is 11.3. The number of benzene rings is 1. The molecular weight excluding hydrogens is 292 g/mol. The molecule has 0 saturated carbocycles. The van der Waals surface area contributed by atoms with Gasteiger partial charge in [-0.05, 0) is 19.1 Å². The van der Waals surface area contributed by atoms with Crippen molar-refractivity contribution in [2.24, 2.45) is 0 Å². The van der Waals surface area contributed by atoms with Crippen LogP contribution in [0, 0.1) is 0 Å². The fourth-order valence-electron chi connectivity index (χ4n) is 1.75. The van der Waals surface area contributed by atoms with Crippen molar-refractivity contribution < 1.29 is 26.7 Å². The summed E-state index contributed by atoms with van der Waals surface area (Å²) in [6.45, 7) is 1.68. The number of hydrogen-bond donors (Lipinski definition) is 1. The number of para-hydroxylation sites is 1. The predicted molar refractivity (Wildman–Crippen MR) is 70.5 cm³/mol. The Hall–Kier alpha value is -1.25. The Morgan fingerprint density at radius 3 is 2.20 bits per heavy atom. The molecule has 0 aliphatic heterocycles. The maximum Gasteiger partial charge on any atom is 0.341 e. The summed E-state index contributed by atoms with van der Waals surface area (Å²) < 4.78 is 58.5. The fourth-order valence-corrected chi connectivity index (χ4v) is 2.64. The van der Waals surface area contributed by atoms with E-state index >= 15 is 0 Å². The van der Waals surface area contributed by atoms with E-state index in [4.69, 9.17) is 9.47 Å². The summed E-state index contributed by atoms with van der Waals surface area (Å²) in [6, 6.07) is 5.04. The number of ether oxygens (including phenoxy) is 2. The molecule has 5 nitrogen and oxygen atoms in total. The molecule has 0 radical (unpaired) electrons. The lowest BCUT2D eigenvalue weighted by molar-refractivity contribution is -0.109. The average Bonchev–Trinajstić information content (AvgIpc) is 2.40. The Morgan fingerprint density at radius 1 is 1.15 bits per heavy atom. The van der Waals surface area contributed by atoms with Crippen molar-refractivity contribution in [3.63, 3.8) is 0 Å². The SMILES string of the molecule is COC(OC)C(C)Nc1ccccc1S(=O)(=O)C(F)F. The first-order valence-corrected chi connectivity index (χ1v) is 7.32. The van der Waals surface area contributed by atoms with Crippen LogP contribution in [-0.4, -0.2) is 40.7 Å². The number of alkyl halides is 2. The number of nitrogens with one attached hydrogen (secondary N) is 1. The first-order valence-electron chi connectivity index (χ1n) is 5.77. The topological polar surface area (TPSA) is 64.6 Å². The molecule has 0 aliphatic rings. The molecule has 8 heteroatoms. The Bertz CT molecular complexity index is 532. The highest BCUT2D eigenvalue weighted by molar-refractivity contribution is 7.91. The van der Waals surface area contributed by atoms with E-state index in [0.717, 1.165) is 6.07 Å². The van der Waals surface area contributed by atoms with Gasteiger partial charge in [0.25, 0.3) is 0 Å². The summed E-state index contributed by atoms with van der Waals surface area (Å²) in [6.07, 6.45) is -0.641. The molecule has 1 N–H and O–H groups in total. The van der Waals surface area contributed by atoms with Crippen molar-refractivity contribution in [1.82, 2.24) is 0 Å². The molecule has 1 aromatic rings. The third-order valence-electron chi connectivity index (χ3n) is 2.68. The van der Waals surface area contributed by atoms with E-state index < -0.39 is 32.8 Å². The van der Waals surface area contributed by atoms with Crippen LogP contribution < -0.4 is 5.32 Å². The molecule has 1 atom stereocenters. The lowest BCUT2D eigenvalue weighted by Gasteiger charge is -2.24. The number of sulfone groups is 1. The first-order chi connectivity index (χ1) is 9.34. The van der Waals surface area contributed by atoms with E-state index in [2.05, 4.69) is 5.32 Å². The minimum absolute atomic E-state index is 0.0828. The van der Waals surface area contributed by atoms with E-state index in [1.807, 2.05) is 0 Å². The first kappa shape index (κ1) is 16.8. The fraction of sp³-hybridized carbons (Fsp3) is 0.500. The minimum Gasteiger partial charge on any atom is -0.376 e. The third kappa shape index (κ3) is 3.65. The Morgan fingerprint density at radius 2 is 1.70 bits per heavy atom.